The molecule has 0 saturated carbocycles. The van der Waals surface area contributed by atoms with Crippen LogP contribution in [-0.2, 0) is 20.3 Å². The van der Waals surface area contributed by atoms with Crippen LogP contribution < -0.4 is 5.32 Å². The predicted octanol–water partition coefficient (Wildman–Crippen LogP) is 3.10. The van der Waals surface area contributed by atoms with Crippen molar-refractivity contribution in [1.29, 1.82) is 5.26 Å². The Morgan fingerprint density at radius 1 is 1.23 bits per heavy atom. The van der Waals surface area contributed by atoms with Gasteiger partial charge in [-0.25, -0.2) is 4.79 Å². The fourth-order valence-corrected chi connectivity index (χ4v) is 4.34. The summed E-state index contributed by atoms with van der Waals surface area (Å²) in [5, 5.41) is 12.7. The molecule has 2 aromatic rings. The fraction of sp³-hybridized carbons (Fsp3) is 0.227. The van der Waals surface area contributed by atoms with Crippen LogP contribution in [0.1, 0.15) is 24.4 Å². The first-order valence-electron chi connectivity index (χ1n) is 9.27. The Morgan fingerprint density at radius 3 is 2.57 bits per heavy atom. The predicted molar refractivity (Wildman–Crippen MR) is 109 cm³/mol. The maximum absolute atomic E-state index is 13.2. The molecule has 0 saturated heterocycles. The molecule has 30 heavy (non-hydrogen) atoms. The van der Waals surface area contributed by atoms with E-state index in [-0.39, 0.29) is 35.0 Å². The van der Waals surface area contributed by atoms with Crippen molar-refractivity contribution in [2.24, 2.45) is 5.92 Å². The number of nitriles is 1. The minimum absolute atomic E-state index is 0.0211. The Kier molecular flexibility index (Phi) is 6.65. The Hall–Kier alpha value is -3.44. The summed E-state index contributed by atoms with van der Waals surface area (Å²) in [7, 11) is -1.48. The van der Waals surface area contributed by atoms with E-state index in [9.17, 15) is 19.1 Å². The SMILES string of the molecule is CCOC(=O)C1=C(CS(=O)c2ccccc2)NC(C)=C(C#N)C1C(=O)c1ccco1. The Labute approximate surface area is 176 Å². The quantitative estimate of drug-likeness (QED) is 0.537. The number of Topliss-reactive ketones (excluding diaryl/α,β-unsaturated/α-hetero) is 1. The van der Waals surface area contributed by atoms with Crippen LogP contribution in [0, 0.1) is 17.2 Å². The second-order valence-electron chi connectivity index (χ2n) is 6.47. The van der Waals surface area contributed by atoms with Gasteiger partial charge in [-0.05, 0) is 38.1 Å². The van der Waals surface area contributed by atoms with Crippen molar-refractivity contribution in [3.8, 4) is 6.07 Å². The average Bonchev–Trinajstić information content (AvgIpc) is 3.28. The molecule has 1 aromatic carbocycles. The van der Waals surface area contributed by atoms with Crippen molar-refractivity contribution >= 4 is 22.6 Å². The van der Waals surface area contributed by atoms with Crippen LogP contribution in [0.5, 0.6) is 0 Å². The topological polar surface area (TPSA) is 109 Å². The van der Waals surface area contributed by atoms with Crippen LogP contribution in [0.3, 0.4) is 0 Å². The molecule has 1 aliphatic heterocycles. The number of ketones is 1. The number of dihydropyridines is 1. The summed E-state index contributed by atoms with van der Waals surface area (Å²) >= 11 is 0. The van der Waals surface area contributed by atoms with Gasteiger partial charge in [-0.3, -0.25) is 9.00 Å². The number of furan rings is 1. The van der Waals surface area contributed by atoms with E-state index in [1.807, 2.05) is 12.1 Å². The number of hydrogen-bond acceptors (Lipinski definition) is 7. The molecule has 2 unspecified atom stereocenters. The zero-order chi connectivity index (χ0) is 21.7. The van der Waals surface area contributed by atoms with Crippen molar-refractivity contribution in [2.45, 2.75) is 18.7 Å². The molecular formula is C22H20N2O5S. The second-order valence-corrected chi connectivity index (χ2v) is 7.92. The highest BCUT2D eigenvalue weighted by molar-refractivity contribution is 7.85. The van der Waals surface area contributed by atoms with Crippen molar-refractivity contribution in [3.63, 3.8) is 0 Å². The van der Waals surface area contributed by atoms with Crippen molar-refractivity contribution in [1.82, 2.24) is 5.32 Å². The molecule has 0 bridgehead atoms. The summed E-state index contributed by atoms with van der Waals surface area (Å²) in [4.78, 5) is 26.6. The number of rotatable bonds is 7. The van der Waals surface area contributed by atoms with E-state index >= 15 is 0 Å². The van der Waals surface area contributed by atoms with E-state index in [1.165, 1.54) is 12.3 Å². The number of nitrogens with one attached hydrogen (secondary N) is 1. The van der Waals surface area contributed by atoms with Crippen LogP contribution >= 0.6 is 0 Å². The van der Waals surface area contributed by atoms with Crippen LogP contribution in [0.15, 0.2) is 80.6 Å². The summed E-state index contributed by atoms with van der Waals surface area (Å²) in [6.45, 7) is 3.37. The first-order valence-corrected chi connectivity index (χ1v) is 10.6. The monoisotopic (exact) mass is 424 g/mol. The minimum Gasteiger partial charge on any atom is -0.463 e. The number of hydrogen-bond donors (Lipinski definition) is 1. The Balaban J connectivity index is 2.10. The van der Waals surface area contributed by atoms with Gasteiger partial charge in [0.2, 0.25) is 5.78 Å². The van der Waals surface area contributed by atoms with Gasteiger partial charge in [0.05, 0.1) is 52.6 Å². The molecule has 154 valence electrons. The van der Waals surface area contributed by atoms with Crippen LogP contribution in [-0.4, -0.2) is 28.3 Å². The normalized spacial score (nSPS) is 17.2. The third-order valence-corrected chi connectivity index (χ3v) is 5.92. The molecule has 0 fully saturated rings. The lowest BCUT2D eigenvalue weighted by Crippen LogP contribution is -2.36. The first-order chi connectivity index (χ1) is 14.5. The van der Waals surface area contributed by atoms with Gasteiger partial charge < -0.3 is 14.5 Å². The van der Waals surface area contributed by atoms with Crippen LogP contribution in [0.2, 0.25) is 0 Å². The summed E-state index contributed by atoms with van der Waals surface area (Å²) in [6, 6.07) is 13.8. The van der Waals surface area contributed by atoms with Gasteiger partial charge in [-0.1, -0.05) is 18.2 Å². The second kappa shape index (κ2) is 9.37. The molecule has 0 spiro atoms. The zero-order valence-electron chi connectivity index (χ0n) is 16.5. The summed E-state index contributed by atoms with van der Waals surface area (Å²) in [6.07, 6.45) is 1.34. The lowest BCUT2D eigenvalue weighted by molar-refractivity contribution is -0.139. The maximum atomic E-state index is 13.2. The van der Waals surface area contributed by atoms with Gasteiger partial charge in [-0.15, -0.1) is 0 Å². The smallest absolute Gasteiger partial charge is 0.336 e. The molecule has 2 heterocycles. The minimum atomic E-state index is -1.48. The summed E-state index contributed by atoms with van der Waals surface area (Å²) < 4.78 is 23.3. The molecule has 2 atom stereocenters. The van der Waals surface area contributed by atoms with Gasteiger partial charge in [0, 0.05) is 16.3 Å². The largest absolute Gasteiger partial charge is 0.463 e. The lowest BCUT2D eigenvalue weighted by Gasteiger charge is -2.28. The molecule has 1 aliphatic rings. The Bertz CT molecular complexity index is 1080. The Morgan fingerprint density at radius 2 is 1.97 bits per heavy atom. The van der Waals surface area contributed by atoms with Gasteiger partial charge in [0.1, 0.15) is 0 Å². The van der Waals surface area contributed by atoms with E-state index < -0.39 is 28.5 Å². The molecule has 7 nitrogen and oxygen atoms in total. The molecule has 1 N–H and O–H groups in total. The molecule has 3 rings (SSSR count). The summed E-state index contributed by atoms with van der Waals surface area (Å²) in [5.74, 6) is -2.51. The van der Waals surface area contributed by atoms with Crippen molar-refractivity contribution in [3.05, 3.63) is 77.0 Å². The highest BCUT2D eigenvalue weighted by Gasteiger charge is 2.40. The fourth-order valence-electron chi connectivity index (χ4n) is 3.22. The maximum Gasteiger partial charge on any atom is 0.336 e. The van der Waals surface area contributed by atoms with Gasteiger partial charge in [-0.2, -0.15) is 5.26 Å². The van der Waals surface area contributed by atoms with E-state index in [4.69, 9.17) is 9.15 Å². The molecular weight excluding hydrogens is 404 g/mol. The molecule has 0 amide bonds. The number of benzene rings is 1. The van der Waals surface area contributed by atoms with Gasteiger partial charge >= 0.3 is 5.97 Å². The number of carbonyl (C=O) groups excluding carboxylic acids is 2. The van der Waals surface area contributed by atoms with E-state index in [1.54, 1.807) is 44.2 Å². The zero-order valence-corrected chi connectivity index (χ0v) is 17.3. The van der Waals surface area contributed by atoms with Gasteiger partial charge in [0.25, 0.3) is 0 Å². The number of carbonyl (C=O) groups is 2. The number of ether oxygens (including phenoxy) is 1. The third kappa shape index (κ3) is 4.26. The van der Waals surface area contributed by atoms with Crippen LogP contribution in [0.4, 0.5) is 0 Å². The summed E-state index contributed by atoms with van der Waals surface area (Å²) in [5.41, 5.74) is 0.769. The molecule has 1 aromatic heterocycles. The van der Waals surface area contributed by atoms with E-state index in [0.29, 0.717) is 10.6 Å². The number of esters is 1. The lowest BCUT2D eigenvalue weighted by atomic mass is 9.82. The average molecular weight is 424 g/mol. The van der Waals surface area contributed by atoms with E-state index in [0.717, 1.165) is 0 Å². The van der Waals surface area contributed by atoms with E-state index in [2.05, 4.69) is 5.32 Å². The third-order valence-electron chi connectivity index (χ3n) is 4.57. The molecule has 8 heteroatoms. The first kappa shape index (κ1) is 21.3. The number of nitrogens with zero attached hydrogens (tertiary/aromatic N) is 1. The highest BCUT2D eigenvalue weighted by atomic mass is 32.2. The van der Waals surface area contributed by atoms with Crippen molar-refractivity contribution < 1.29 is 23.0 Å². The van der Waals surface area contributed by atoms with Crippen molar-refractivity contribution in [2.75, 3.05) is 12.4 Å². The molecule has 0 radical (unpaired) electrons. The number of allylic oxidation sites excluding steroid dienone is 2. The molecule has 0 aliphatic carbocycles. The van der Waals surface area contributed by atoms with Crippen LogP contribution in [0.25, 0.3) is 0 Å². The standard InChI is InChI=1S/C22H20N2O5S/c1-3-28-22(26)20-17(13-30(27)15-8-5-4-6-9-15)24-14(2)16(12-23)19(20)21(25)18-10-7-11-29-18/h4-11,19,24H,3,13H2,1-2H3. The van der Waals surface area contributed by atoms with Gasteiger partial charge in [0.15, 0.2) is 5.76 Å². The highest BCUT2D eigenvalue weighted by Crippen LogP contribution is 2.33.